The van der Waals surface area contributed by atoms with E-state index in [1.807, 2.05) is 6.92 Å². The van der Waals surface area contributed by atoms with Crippen LogP contribution in [0, 0.1) is 12.7 Å². The molecule has 0 aliphatic rings. The van der Waals surface area contributed by atoms with Crippen molar-refractivity contribution in [2.24, 2.45) is 0 Å². The minimum Gasteiger partial charge on any atom is -0.368 e. The van der Waals surface area contributed by atoms with Gasteiger partial charge in [0.2, 0.25) is 5.95 Å². The lowest BCUT2D eigenvalue weighted by Gasteiger charge is -2.15. The van der Waals surface area contributed by atoms with Gasteiger partial charge in [0, 0.05) is 12.0 Å². The molecule has 0 saturated heterocycles. The Hall–Kier alpha value is -3.49. The van der Waals surface area contributed by atoms with Crippen molar-refractivity contribution in [2.75, 3.05) is 5.73 Å². The summed E-state index contributed by atoms with van der Waals surface area (Å²) in [5.74, 6) is -0.170. The van der Waals surface area contributed by atoms with Crippen molar-refractivity contribution in [1.29, 1.82) is 0 Å². The summed E-state index contributed by atoms with van der Waals surface area (Å²) in [7, 11) is 0. The Morgan fingerprint density at radius 2 is 1.80 bits per heavy atom. The predicted octanol–water partition coefficient (Wildman–Crippen LogP) is 5.07. The number of alkyl halides is 3. The number of fused-ring (bicyclic) bond motifs is 1. The normalized spacial score (nSPS) is 11.9. The standard InChI is InChI=1S/C21H17F4N5/c1-3-16-27-19-17(12-8-11(2)9-13(10-12)21(23,24)25)18(28-20(26)30(19)29-16)14-6-4-5-7-15(14)22/h4-10H,3H2,1-2H3,(H2,26,28). The van der Waals surface area contributed by atoms with Crippen molar-refractivity contribution in [1.82, 2.24) is 19.6 Å². The van der Waals surface area contributed by atoms with Gasteiger partial charge in [-0.15, -0.1) is 5.10 Å². The lowest BCUT2D eigenvalue weighted by molar-refractivity contribution is -0.137. The van der Waals surface area contributed by atoms with E-state index >= 15 is 0 Å². The van der Waals surface area contributed by atoms with E-state index in [4.69, 9.17) is 5.73 Å². The van der Waals surface area contributed by atoms with Crippen molar-refractivity contribution in [3.63, 3.8) is 0 Å². The van der Waals surface area contributed by atoms with Crippen LogP contribution in [0.3, 0.4) is 0 Å². The number of hydrogen-bond donors (Lipinski definition) is 1. The Bertz CT molecular complexity index is 1260. The first-order chi connectivity index (χ1) is 14.2. The molecule has 0 amide bonds. The van der Waals surface area contributed by atoms with Crippen LogP contribution >= 0.6 is 0 Å². The van der Waals surface area contributed by atoms with Gasteiger partial charge < -0.3 is 5.73 Å². The van der Waals surface area contributed by atoms with Gasteiger partial charge in [-0.2, -0.15) is 17.7 Å². The lowest BCUT2D eigenvalue weighted by atomic mass is 9.96. The van der Waals surface area contributed by atoms with E-state index < -0.39 is 17.6 Å². The molecule has 0 aliphatic carbocycles. The quantitative estimate of drug-likeness (QED) is 0.475. The molecule has 0 atom stereocenters. The highest BCUT2D eigenvalue weighted by Gasteiger charge is 2.32. The number of nitrogens with zero attached hydrogens (tertiary/aromatic N) is 4. The van der Waals surface area contributed by atoms with Gasteiger partial charge in [0.05, 0.1) is 16.8 Å². The number of hydrogen-bond acceptors (Lipinski definition) is 4. The fraction of sp³-hybridized carbons (Fsp3) is 0.190. The zero-order valence-electron chi connectivity index (χ0n) is 16.1. The Balaban J connectivity index is 2.14. The van der Waals surface area contributed by atoms with Gasteiger partial charge in [-0.05, 0) is 42.3 Å². The van der Waals surface area contributed by atoms with Crippen LogP contribution in [0.5, 0.6) is 0 Å². The Morgan fingerprint density at radius 3 is 2.47 bits per heavy atom. The minimum atomic E-state index is -4.54. The molecule has 4 rings (SSSR count). The second-order valence-electron chi connectivity index (χ2n) is 6.88. The Kier molecular flexibility index (Phi) is 4.68. The summed E-state index contributed by atoms with van der Waals surface area (Å²) in [6, 6.07) is 9.51. The topological polar surface area (TPSA) is 69.1 Å². The smallest absolute Gasteiger partial charge is 0.368 e. The third kappa shape index (κ3) is 3.36. The maximum Gasteiger partial charge on any atom is 0.416 e. The predicted molar refractivity (Wildman–Crippen MR) is 105 cm³/mol. The molecule has 0 radical (unpaired) electrons. The molecule has 4 aromatic rings. The molecule has 0 bridgehead atoms. The van der Waals surface area contributed by atoms with E-state index in [0.717, 1.165) is 12.1 Å². The third-order valence-electron chi connectivity index (χ3n) is 4.69. The molecule has 0 fully saturated rings. The second-order valence-corrected chi connectivity index (χ2v) is 6.88. The maximum atomic E-state index is 14.6. The fourth-order valence-corrected chi connectivity index (χ4v) is 3.35. The lowest BCUT2D eigenvalue weighted by Crippen LogP contribution is -2.08. The summed E-state index contributed by atoms with van der Waals surface area (Å²) >= 11 is 0. The number of nitrogen functional groups attached to an aromatic ring is 1. The van der Waals surface area contributed by atoms with Crippen molar-refractivity contribution >= 4 is 11.6 Å². The molecule has 0 aliphatic heterocycles. The van der Waals surface area contributed by atoms with Crippen LogP contribution in [0.25, 0.3) is 28.0 Å². The van der Waals surface area contributed by atoms with Gasteiger partial charge in [-0.25, -0.2) is 14.4 Å². The number of benzene rings is 2. The van der Waals surface area contributed by atoms with Crippen LogP contribution in [0.2, 0.25) is 0 Å². The monoisotopic (exact) mass is 415 g/mol. The highest BCUT2D eigenvalue weighted by Crippen LogP contribution is 2.39. The average molecular weight is 415 g/mol. The van der Waals surface area contributed by atoms with E-state index in [-0.39, 0.29) is 34.0 Å². The molecule has 0 spiro atoms. The molecule has 2 heterocycles. The molecule has 30 heavy (non-hydrogen) atoms. The van der Waals surface area contributed by atoms with E-state index in [2.05, 4.69) is 15.1 Å². The number of halogens is 4. The SMILES string of the molecule is CCc1nc2c(-c3cc(C)cc(C(F)(F)F)c3)c(-c3ccccc3F)nc(N)n2n1. The minimum absolute atomic E-state index is 0.0390. The van der Waals surface area contributed by atoms with Gasteiger partial charge in [0.15, 0.2) is 11.5 Å². The first-order valence-corrected chi connectivity index (χ1v) is 9.18. The number of aromatic nitrogens is 4. The molecule has 0 saturated carbocycles. The molecule has 2 N–H and O–H groups in total. The first-order valence-electron chi connectivity index (χ1n) is 9.18. The van der Waals surface area contributed by atoms with E-state index in [9.17, 15) is 17.6 Å². The summed E-state index contributed by atoms with van der Waals surface area (Å²) in [6.07, 6.45) is -4.06. The summed E-state index contributed by atoms with van der Waals surface area (Å²) in [5, 5.41) is 4.27. The summed E-state index contributed by atoms with van der Waals surface area (Å²) in [4.78, 5) is 8.73. The van der Waals surface area contributed by atoms with E-state index in [0.29, 0.717) is 17.8 Å². The van der Waals surface area contributed by atoms with Crippen LogP contribution in [0.4, 0.5) is 23.5 Å². The molecule has 9 heteroatoms. The van der Waals surface area contributed by atoms with Gasteiger partial charge in [0.1, 0.15) is 5.82 Å². The number of rotatable bonds is 3. The van der Waals surface area contributed by atoms with Crippen LogP contribution in [0.15, 0.2) is 42.5 Å². The third-order valence-corrected chi connectivity index (χ3v) is 4.69. The highest BCUT2D eigenvalue weighted by molar-refractivity contribution is 5.91. The largest absolute Gasteiger partial charge is 0.416 e. The number of anilines is 1. The first kappa shape index (κ1) is 19.8. The van der Waals surface area contributed by atoms with Gasteiger partial charge in [-0.3, -0.25) is 0 Å². The van der Waals surface area contributed by atoms with Crippen molar-refractivity contribution in [3.05, 3.63) is 65.2 Å². The number of aryl methyl sites for hydroxylation is 2. The van der Waals surface area contributed by atoms with Crippen LogP contribution in [0.1, 0.15) is 23.9 Å². The Morgan fingerprint density at radius 1 is 1.07 bits per heavy atom. The van der Waals surface area contributed by atoms with Gasteiger partial charge in [-0.1, -0.05) is 25.1 Å². The number of nitrogens with two attached hydrogens (primary N) is 1. The molecule has 5 nitrogen and oxygen atoms in total. The van der Waals surface area contributed by atoms with E-state index in [1.54, 1.807) is 19.1 Å². The molecular weight excluding hydrogens is 398 g/mol. The van der Waals surface area contributed by atoms with Gasteiger partial charge >= 0.3 is 6.18 Å². The van der Waals surface area contributed by atoms with Gasteiger partial charge in [0.25, 0.3) is 0 Å². The maximum absolute atomic E-state index is 14.6. The van der Waals surface area contributed by atoms with Crippen molar-refractivity contribution in [3.8, 4) is 22.4 Å². The summed E-state index contributed by atoms with van der Waals surface area (Å²) < 4.78 is 56.3. The molecular formula is C21H17F4N5. The Labute approximate surface area is 169 Å². The summed E-state index contributed by atoms with van der Waals surface area (Å²) in [5.41, 5.74) is 6.48. The van der Waals surface area contributed by atoms with Crippen molar-refractivity contribution < 1.29 is 17.6 Å². The molecule has 0 unspecified atom stereocenters. The van der Waals surface area contributed by atoms with E-state index in [1.165, 1.54) is 22.7 Å². The van der Waals surface area contributed by atoms with Crippen LogP contribution < -0.4 is 5.73 Å². The van der Waals surface area contributed by atoms with Crippen molar-refractivity contribution in [2.45, 2.75) is 26.4 Å². The molecule has 154 valence electrons. The zero-order valence-corrected chi connectivity index (χ0v) is 16.1. The average Bonchev–Trinajstić information content (AvgIpc) is 3.12. The van der Waals surface area contributed by atoms with Crippen LogP contribution in [-0.4, -0.2) is 19.6 Å². The molecule has 2 aromatic heterocycles. The molecule has 2 aromatic carbocycles. The zero-order chi connectivity index (χ0) is 21.6. The summed E-state index contributed by atoms with van der Waals surface area (Å²) in [6.45, 7) is 3.40. The fourth-order valence-electron chi connectivity index (χ4n) is 3.35. The second kappa shape index (κ2) is 7.08. The van der Waals surface area contributed by atoms with Crippen LogP contribution in [-0.2, 0) is 12.6 Å². The highest BCUT2D eigenvalue weighted by atomic mass is 19.4.